The quantitative estimate of drug-likeness (QED) is 0.551. The summed E-state index contributed by atoms with van der Waals surface area (Å²) in [6, 6.07) is 21.3. The van der Waals surface area contributed by atoms with Gasteiger partial charge in [0.1, 0.15) is 6.07 Å². The van der Waals surface area contributed by atoms with E-state index >= 15 is 0 Å². The number of rotatable bonds is 2. The molecule has 0 aliphatic heterocycles. The van der Waals surface area contributed by atoms with Crippen LogP contribution in [0.2, 0.25) is 0 Å². The standard InChI is InChI=1S/C23H16N4O/c24-13-17-19(14-7-3-1-4-8-14)16-11-12-18-20(16)21(22(17)25)23(28)27(26-18)15-9-5-2-6-10-15/h1-10H,11-12,25H2. The number of nitriles is 1. The van der Waals surface area contributed by atoms with Crippen molar-refractivity contribution in [2.45, 2.75) is 12.8 Å². The zero-order valence-electron chi connectivity index (χ0n) is 15.0. The third kappa shape index (κ3) is 2.18. The highest BCUT2D eigenvalue weighted by Crippen LogP contribution is 2.41. The van der Waals surface area contributed by atoms with Crippen LogP contribution in [0.1, 0.15) is 16.8 Å². The predicted molar refractivity (Wildman–Crippen MR) is 109 cm³/mol. The molecule has 5 heteroatoms. The lowest BCUT2D eigenvalue weighted by Gasteiger charge is -2.15. The molecular formula is C23H16N4O. The smallest absolute Gasteiger partial charge is 0.281 e. The van der Waals surface area contributed by atoms with E-state index in [0.29, 0.717) is 23.1 Å². The third-order valence-electron chi connectivity index (χ3n) is 5.34. The van der Waals surface area contributed by atoms with Crippen LogP contribution in [0.4, 0.5) is 5.69 Å². The lowest BCUT2D eigenvalue weighted by molar-refractivity contribution is 0.780. The lowest BCUT2D eigenvalue weighted by atomic mass is 9.90. The molecule has 134 valence electrons. The van der Waals surface area contributed by atoms with Crippen molar-refractivity contribution in [3.8, 4) is 22.9 Å². The number of aryl methyl sites for hydroxylation is 2. The molecule has 0 radical (unpaired) electrons. The summed E-state index contributed by atoms with van der Waals surface area (Å²) < 4.78 is 1.40. The Balaban J connectivity index is 1.94. The molecule has 28 heavy (non-hydrogen) atoms. The maximum atomic E-state index is 13.3. The fourth-order valence-corrected chi connectivity index (χ4v) is 4.14. The zero-order chi connectivity index (χ0) is 19.3. The molecule has 0 saturated carbocycles. The van der Waals surface area contributed by atoms with Crippen molar-refractivity contribution in [1.29, 1.82) is 5.26 Å². The third-order valence-corrected chi connectivity index (χ3v) is 5.34. The molecule has 0 spiro atoms. The zero-order valence-corrected chi connectivity index (χ0v) is 15.0. The minimum absolute atomic E-state index is 0.236. The Morgan fingerprint density at radius 1 is 0.964 bits per heavy atom. The highest BCUT2D eigenvalue weighted by molar-refractivity contribution is 6.05. The Kier molecular flexibility index (Phi) is 3.53. The van der Waals surface area contributed by atoms with Gasteiger partial charge in [-0.1, -0.05) is 48.5 Å². The summed E-state index contributed by atoms with van der Waals surface area (Å²) in [5.74, 6) is 0. The fraction of sp³-hybridized carbons (Fsp3) is 0.0870. The van der Waals surface area contributed by atoms with Crippen molar-refractivity contribution in [2.24, 2.45) is 0 Å². The van der Waals surface area contributed by atoms with Crippen LogP contribution in [0.15, 0.2) is 65.5 Å². The normalized spacial score (nSPS) is 12.2. The lowest BCUT2D eigenvalue weighted by Crippen LogP contribution is -2.23. The van der Waals surface area contributed by atoms with Gasteiger partial charge in [-0.25, -0.2) is 0 Å². The van der Waals surface area contributed by atoms with E-state index in [1.165, 1.54) is 4.68 Å². The number of para-hydroxylation sites is 1. The second-order valence-corrected chi connectivity index (χ2v) is 6.87. The Labute approximate surface area is 161 Å². The molecule has 0 saturated heterocycles. The van der Waals surface area contributed by atoms with Gasteiger partial charge in [0.25, 0.3) is 5.56 Å². The first-order valence-electron chi connectivity index (χ1n) is 9.12. The molecule has 0 amide bonds. The maximum absolute atomic E-state index is 13.3. The Morgan fingerprint density at radius 3 is 2.32 bits per heavy atom. The summed E-state index contributed by atoms with van der Waals surface area (Å²) in [7, 11) is 0. The van der Waals surface area contributed by atoms with Crippen LogP contribution in [0.5, 0.6) is 0 Å². The summed E-state index contributed by atoms with van der Waals surface area (Å²) in [6.45, 7) is 0. The van der Waals surface area contributed by atoms with Gasteiger partial charge in [-0.15, -0.1) is 0 Å². The average Bonchev–Trinajstić information content (AvgIpc) is 3.15. The fourth-order valence-electron chi connectivity index (χ4n) is 4.14. The average molecular weight is 364 g/mol. The maximum Gasteiger partial charge on any atom is 0.281 e. The van der Waals surface area contributed by atoms with Gasteiger partial charge in [-0.05, 0) is 36.1 Å². The monoisotopic (exact) mass is 364 g/mol. The molecule has 3 aromatic carbocycles. The first kappa shape index (κ1) is 16.3. The van der Waals surface area contributed by atoms with E-state index in [1.54, 1.807) is 0 Å². The summed E-state index contributed by atoms with van der Waals surface area (Å²) in [5.41, 5.74) is 11.0. The molecule has 0 fully saturated rings. The Bertz CT molecular complexity index is 1330. The molecule has 1 aliphatic rings. The van der Waals surface area contributed by atoms with Crippen LogP contribution in [0.3, 0.4) is 0 Å². The number of hydrogen-bond donors (Lipinski definition) is 1. The van der Waals surface area contributed by atoms with Crippen LogP contribution in [0, 0.1) is 11.3 Å². The van der Waals surface area contributed by atoms with E-state index in [9.17, 15) is 10.1 Å². The highest BCUT2D eigenvalue weighted by atomic mass is 16.1. The van der Waals surface area contributed by atoms with Crippen molar-refractivity contribution in [1.82, 2.24) is 9.78 Å². The van der Waals surface area contributed by atoms with Gasteiger partial charge >= 0.3 is 0 Å². The van der Waals surface area contributed by atoms with E-state index in [0.717, 1.165) is 34.2 Å². The van der Waals surface area contributed by atoms with E-state index in [2.05, 4.69) is 11.2 Å². The van der Waals surface area contributed by atoms with Crippen molar-refractivity contribution in [2.75, 3.05) is 5.73 Å². The summed E-state index contributed by atoms with van der Waals surface area (Å²) in [5, 5.41) is 15.7. The van der Waals surface area contributed by atoms with Gasteiger partial charge in [-0.3, -0.25) is 4.79 Å². The van der Waals surface area contributed by atoms with E-state index in [4.69, 9.17) is 5.73 Å². The Morgan fingerprint density at radius 2 is 1.64 bits per heavy atom. The van der Waals surface area contributed by atoms with E-state index in [-0.39, 0.29) is 11.2 Å². The second kappa shape index (κ2) is 6.07. The molecule has 0 bridgehead atoms. The van der Waals surface area contributed by atoms with Gasteiger partial charge < -0.3 is 5.73 Å². The molecular weight excluding hydrogens is 348 g/mol. The predicted octanol–water partition coefficient (Wildman–Crippen LogP) is 3.61. The van der Waals surface area contributed by atoms with Crippen molar-refractivity contribution in [3.63, 3.8) is 0 Å². The van der Waals surface area contributed by atoms with Crippen molar-refractivity contribution >= 4 is 16.5 Å². The first-order chi connectivity index (χ1) is 13.7. The SMILES string of the molecule is N#Cc1c(-c2ccccc2)c2c3c(nn(-c4ccccc4)c(=O)c3c1N)CC2. The largest absolute Gasteiger partial charge is 0.397 e. The number of aromatic nitrogens is 2. The van der Waals surface area contributed by atoms with E-state index < -0.39 is 0 Å². The second-order valence-electron chi connectivity index (χ2n) is 6.87. The minimum Gasteiger partial charge on any atom is -0.397 e. The number of nitrogen functional groups attached to an aromatic ring is 1. The topological polar surface area (TPSA) is 84.7 Å². The summed E-state index contributed by atoms with van der Waals surface area (Å²) in [6.07, 6.45) is 1.45. The molecule has 0 unspecified atom stereocenters. The first-order valence-corrected chi connectivity index (χ1v) is 9.12. The van der Waals surface area contributed by atoms with E-state index in [1.807, 2.05) is 60.7 Å². The molecule has 4 aromatic rings. The number of hydrogen-bond acceptors (Lipinski definition) is 4. The van der Waals surface area contributed by atoms with Gasteiger partial charge in [0.15, 0.2) is 0 Å². The van der Waals surface area contributed by atoms with Gasteiger partial charge in [0.05, 0.1) is 28.0 Å². The number of nitrogens with two attached hydrogens (primary N) is 1. The molecule has 1 aromatic heterocycles. The van der Waals surface area contributed by atoms with Crippen molar-refractivity contribution in [3.05, 3.63) is 87.8 Å². The molecule has 2 N–H and O–H groups in total. The van der Waals surface area contributed by atoms with Gasteiger partial charge in [0.2, 0.25) is 0 Å². The van der Waals surface area contributed by atoms with Crippen molar-refractivity contribution < 1.29 is 0 Å². The Hall–Kier alpha value is -3.91. The number of anilines is 1. The van der Waals surface area contributed by atoms with Crippen LogP contribution in [0.25, 0.3) is 27.6 Å². The molecule has 0 atom stereocenters. The summed E-state index contributed by atoms with van der Waals surface area (Å²) in [4.78, 5) is 13.3. The number of benzene rings is 3. The van der Waals surface area contributed by atoms with Gasteiger partial charge in [-0.2, -0.15) is 15.0 Å². The van der Waals surface area contributed by atoms with Crippen LogP contribution in [-0.4, -0.2) is 9.78 Å². The van der Waals surface area contributed by atoms with Crippen LogP contribution in [-0.2, 0) is 12.8 Å². The number of nitrogens with zero attached hydrogens (tertiary/aromatic N) is 3. The molecule has 1 aliphatic carbocycles. The summed E-state index contributed by atoms with van der Waals surface area (Å²) >= 11 is 0. The van der Waals surface area contributed by atoms with Gasteiger partial charge in [0, 0.05) is 10.9 Å². The van der Waals surface area contributed by atoms with Crippen LogP contribution < -0.4 is 11.3 Å². The highest BCUT2D eigenvalue weighted by Gasteiger charge is 2.28. The van der Waals surface area contributed by atoms with Crippen LogP contribution >= 0.6 is 0 Å². The molecule has 5 nitrogen and oxygen atoms in total. The molecule has 1 heterocycles. The molecule has 5 rings (SSSR count). The minimum atomic E-state index is -0.290.